The Kier molecular flexibility index (Phi) is 3.74. The minimum absolute atomic E-state index is 0.209. The van der Waals surface area contributed by atoms with Crippen molar-refractivity contribution in [1.82, 2.24) is 9.78 Å². The molecule has 1 N–H and O–H groups in total. The van der Waals surface area contributed by atoms with E-state index in [1.807, 2.05) is 27.1 Å². The number of nitrogens with one attached hydrogen (secondary N) is 1. The molecule has 0 aliphatic carbocycles. The van der Waals surface area contributed by atoms with Crippen LogP contribution >= 0.6 is 0 Å². The summed E-state index contributed by atoms with van der Waals surface area (Å²) in [6.45, 7) is 3.81. The summed E-state index contributed by atoms with van der Waals surface area (Å²) in [5.41, 5.74) is 2.29. The molecule has 0 aliphatic rings. The van der Waals surface area contributed by atoms with Crippen LogP contribution in [0.25, 0.3) is 0 Å². The van der Waals surface area contributed by atoms with Gasteiger partial charge in [0.2, 0.25) is 0 Å². The van der Waals surface area contributed by atoms with Crippen LogP contribution in [0.3, 0.4) is 0 Å². The maximum atomic E-state index is 14.0. The summed E-state index contributed by atoms with van der Waals surface area (Å²) in [5, 5.41) is 7.51. The predicted molar refractivity (Wildman–Crippen MR) is 72.9 cm³/mol. The Labute approximate surface area is 112 Å². The summed E-state index contributed by atoms with van der Waals surface area (Å²) in [6.07, 6.45) is 1.87. The molecule has 1 aromatic carbocycles. The van der Waals surface area contributed by atoms with Gasteiger partial charge in [0.05, 0.1) is 30.1 Å². The molecule has 0 amide bonds. The van der Waals surface area contributed by atoms with Crippen LogP contribution in [0.15, 0.2) is 24.4 Å². The highest BCUT2D eigenvalue weighted by Crippen LogP contribution is 2.30. The molecule has 0 fully saturated rings. The Morgan fingerprint density at radius 2 is 2.16 bits per heavy atom. The van der Waals surface area contributed by atoms with Gasteiger partial charge in [0.15, 0.2) is 0 Å². The molecule has 4 nitrogen and oxygen atoms in total. The molecule has 102 valence electrons. The minimum atomic E-state index is -0.277. The van der Waals surface area contributed by atoms with Crippen LogP contribution in [0.4, 0.5) is 10.1 Å². The van der Waals surface area contributed by atoms with Crippen LogP contribution in [0.2, 0.25) is 0 Å². The maximum absolute atomic E-state index is 14.0. The third kappa shape index (κ3) is 2.70. The number of benzene rings is 1. The summed E-state index contributed by atoms with van der Waals surface area (Å²) >= 11 is 0. The molecule has 2 aromatic rings. The average molecular weight is 263 g/mol. The Hall–Kier alpha value is -2.04. The number of anilines is 1. The van der Waals surface area contributed by atoms with E-state index in [1.165, 1.54) is 6.07 Å². The van der Waals surface area contributed by atoms with Gasteiger partial charge in [-0.15, -0.1) is 0 Å². The first-order valence-electron chi connectivity index (χ1n) is 6.12. The largest absolute Gasteiger partial charge is 0.496 e. The Bertz CT molecular complexity index is 580. The van der Waals surface area contributed by atoms with Crippen LogP contribution in [-0.4, -0.2) is 16.9 Å². The van der Waals surface area contributed by atoms with Crippen LogP contribution < -0.4 is 10.1 Å². The molecule has 5 heteroatoms. The first kappa shape index (κ1) is 13.4. The molecule has 2 rings (SSSR count). The molecule has 0 radical (unpaired) electrons. The zero-order valence-corrected chi connectivity index (χ0v) is 11.6. The summed E-state index contributed by atoms with van der Waals surface area (Å²) < 4.78 is 20.9. The van der Waals surface area contributed by atoms with Gasteiger partial charge in [0.1, 0.15) is 11.6 Å². The summed E-state index contributed by atoms with van der Waals surface area (Å²) in [4.78, 5) is 0. The zero-order chi connectivity index (χ0) is 14.0. The number of aryl methyl sites for hydroxylation is 2. The van der Waals surface area contributed by atoms with Gasteiger partial charge in [-0.2, -0.15) is 5.10 Å². The highest BCUT2D eigenvalue weighted by molar-refractivity contribution is 5.49. The highest BCUT2D eigenvalue weighted by Gasteiger charge is 2.17. The second kappa shape index (κ2) is 5.30. The van der Waals surface area contributed by atoms with Gasteiger partial charge in [-0.1, -0.05) is 6.07 Å². The minimum Gasteiger partial charge on any atom is -0.496 e. The molecule has 0 aliphatic heterocycles. The molecule has 0 saturated heterocycles. The van der Waals surface area contributed by atoms with Gasteiger partial charge < -0.3 is 10.1 Å². The predicted octanol–water partition coefficient (Wildman–Crippen LogP) is 3.05. The van der Waals surface area contributed by atoms with Gasteiger partial charge in [-0.05, 0) is 26.0 Å². The topological polar surface area (TPSA) is 39.1 Å². The van der Waals surface area contributed by atoms with Crippen molar-refractivity contribution in [3.8, 4) is 5.75 Å². The number of nitrogens with zero attached hydrogens (tertiary/aromatic N) is 2. The monoisotopic (exact) mass is 263 g/mol. The van der Waals surface area contributed by atoms with Crippen molar-refractivity contribution in [3.63, 3.8) is 0 Å². The third-order valence-electron chi connectivity index (χ3n) is 3.05. The molecule has 1 unspecified atom stereocenters. The van der Waals surface area contributed by atoms with Crippen molar-refractivity contribution in [2.75, 3.05) is 12.4 Å². The van der Waals surface area contributed by atoms with Crippen molar-refractivity contribution in [2.24, 2.45) is 7.05 Å². The molecule has 1 atom stereocenters. The standard InChI is InChI=1S/C14H18FN3O/c1-9-12(8-18(3)17-9)16-10(2)14-11(15)6-5-7-13(14)19-4/h5-8,10,16H,1-4H3. The fourth-order valence-electron chi connectivity index (χ4n) is 2.16. The van der Waals surface area contributed by atoms with E-state index in [9.17, 15) is 4.39 Å². The lowest BCUT2D eigenvalue weighted by Gasteiger charge is -2.18. The Morgan fingerprint density at radius 3 is 2.74 bits per heavy atom. The summed E-state index contributed by atoms with van der Waals surface area (Å²) in [7, 11) is 3.40. The fourth-order valence-corrected chi connectivity index (χ4v) is 2.16. The van der Waals surface area contributed by atoms with Gasteiger partial charge in [0.25, 0.3) is 0 Å². The molecule has 0 bridgehead atoms. The average Bonchev–Trinajstić information content (AvgIpc) is 2.67. The van der Waals surface area contributed by atoms with Gasteiger partial charge in [0, 0.05) is 13.2 Å². The van der Waals surface area contributed by atoms with Crippen molar-refractivity contribution in [2.45, 2.75) is 19.9 Å². The smallest absolute Gasteiger partial charge is 0.132 e. The SMILES string of the molecule is COc1cccc(F)c1C(C)Nc1cn(C)nc1C. The highest BCUT2D eigenvalue weighted by atomic mass is 19.1. The number of aromatic nitrogens is 2. The first-order valence-corrected chi connectivity index (χ1v) is 6.12. The summed E-state index contributed by atoms with van der Waals surface area (Å²) in [6, 6.07) is 4.62. The van der Waals surface area contributed by atoms with Crippen LogP contribution in [0.1, 0.15) is 24.2 Å². The molecule has 0 spiro atoms. The van der Waals surface area contributed by atoms with E-state index in [4.69, 9.17) is 4.74 Å². The number of methoxy groups -OCH3 is 1. The Morgan fingerprint density at radius 1 is 1.42 bits per heavy atom. The second-order valence-corrected chi connectivity index (χ2v) is 4.52. The van der Waals surface area contributed by atoms with E-state index in [-0.39, 0.29) is 11.9 Å². The van der Waals surface area contributed by atoms with E-state index in [2.05, 4.69) is 10.4 Å². The van der Waals surface area contributed by atoms with E-state index >= 15 is 0 Å². The van der Waals surface area contributed by atoms with E-state index < -0.39 is 0 Å². The Balaban J connectivity index is 2.30. The number of ether oxygens (including phenoxy) is 1. The van der Waals surface area contributed by atoms with Gasteiger partial charge >= 0.3 is 0 Å². The molecule has 1 heterocycles. The number of rotatable bonds is 4. The lowest BCUT2D eigenvalue weighted by Crippen LogP contribution is -2.10. The van der Waals surface area contributed by atoms with Gasteiger partial charge in [-0.3, -0.25) is 4.68 Å². The fraction of sp³-hybridized carbons (Fsp3) is 0.357. The molecular weight excluding hydrogens is 245 g/mol. The van der Waals surface area contributed by atoms with Crippen molar-refractivity contribution in [3.05, 3.63) is 41.5 Å². The third-order valence-corrected chi connectivity index (χ3v) is 3.05. The van der Waals surface area contributed by atoms with E-state index in [0.29, 0.717) is 11.3 Å². The first-order chi connectivity index (χ1) is 9.02. The molecule has 0 saturated carbocycles. The van der Waals surface area contributed by atoms with Crippen molar-refractivity contribution >= 4 is 5.69 Å². The van der Waals surface area contributed by atoms with Crippen molar-refractivity contribution in [1.29, 1.82) is 0 Å². The van der Waals surface area contributed by atoms with Crippen LogP contribution in [0, 0.1) is 12.7 Å². The van der Waals surface area contributed by atoms with E-state index in [0.717, 1.165) is 11.4 Å². The maximum Gasteiger partial charge on any atom is 0.132 e. The quantitative estimate of drug-likeness (QED) is 0.921. The normalized spacial score (nSPS) is 12.3. The lowest BCUT2D eigenvalue weighted by atomic mass is 10.1. The number of halogens is 1. The van der Waals surface area contributed by atoms with Gasteiger partial charge in [-0.25, -0.2) is 4.39 Å². The number of hydrogen-bond acceptors (Lipinski definition) is 3. The second-order valence-electron chi connectivity index (χ2n) is 4.52. The zero-order valence-electron chi connectivity index (χ0n) is 11.6. The summed E-state index contributed by atoms with van der Waals surface area (Å²) in [5.74, 6) is 0.266. The van der Waals surface area contributed by atoms with Crippen molar-refractivity contribution < 1.29 is 9.13 Å². The van der Waals surface area contributed by atoms with E-state index in [1.54, 1.807) is 23.9 Å². The van der Waals surface area contributed by atoms with Crippen LogP contribution in [0.5, 0.6) is 5.75 Å². The molecule has 19 heavy (non-hydrogen) atoms. The number of hydrogen-bond donors (Lipinski definition) is 1. The molecular formula is C14H18FN3O. The lowest BCUT2D eigenvalue weighted by molar-refractivity contribution is 0.402. The molecule has 1 aromatic heterocycles. The van der Waals surface area contributed by atoms with Crippen LogP contribution in [-0.2, 0) is 7.05 Å².